The van der Waals surface area contributed by atoms with Crippen molar-refractivity contribution in [1.82, 2.24) is 14.9 Å². The van der Waals surface area contributed by atoms with Gasteiger partial charge in [-0.3, -0.25) is 40.5 Å². The SMILES string of the molecule is O=[N+]([O-])c1cc([N+](=O)[O-])c2nn3[n-]c4c([N+](=O)[O-])cc([N+](=O)[O-])cc4[n+]3c2c1. The third-order valence-corrected chi connectivity index (χ3v) is 3.94. The maximum absolute atomic E-state index is 11.3. The summed E-state index contributed by atoms with van der Waals surface area (Å²) in [6.07, 6.45) is 0. The molecule has 0 atom stereocenters. The molecule has 140 valence electrons. The van der Waals surface area contributed by atoms with Crippen molar-refractivity contribution in [3.63, 3.8) is 0 Å². The fourth-order valence-corrected chi connectivity index (χ4v) is 2.81. The van der Waals surface area contributed by atoms with E-state index in [4.69, 9.17) is 0 Å². The van der Waals surface area contributed by atoms with Crippen LogP contribution in [0.15, 0.2) is 24.3 Å². The van der Waals surface area contributed by atoms with E-state index >= 15 is 0 Å². The van der Waals surface area contributed by atoms with Crippen molar-refractivity contribution in [2.45, 2.75) is 0 Å². The van der Waals surface area contributed by atoms with Crippen LogP contribution in [0, 0.1) is 40.5 Å². The third kappa shape index (κ3) is 2.18. The Bertz CT molecular complexity index is 1280. The first-order valence-electron chi connectivity index (χ1n) is 7.16. The van der Waals surface area contributed by atoms with Gasteiger partial charge in [-0.2, -0.15) is 0 Å². The predicted octanol–water partition coefficient (Wildman–Crippen LogP) is 0.816. The fourth-order valence-electron chi connectivity index (χ4n) is 2.81. The van der Waals surface area contributed by atoms with E-state index in [1.165, 1.54) is 0 Å². The second-order valence-electron chi connectivity index (χ2n) is 5.47. The molecule has 28 heavy (non-hydrogen) atoms. The summed E-state index contributed by atoms with van der Waals surface area (Å²) in [5.74, 6) is 0. The third-order valence-electron chi connectivity index (χ3n) is 3.94. The van der Waals surface area contributed by atoms with Crippen LogP contribution in [0.1, 0.15) is 0 Å². The topological polar surface area (TPSA) is 208 Å². The summed E-state index contributed by atoms with van der Waals surface area (Å²) in [5.41, 5.74) is -3.52. The van der Waals surface area contributed by atoms with Crippen LogP contribution in [-0.2, 0) is 0 Å². The van der Waals surface area contributed by atoms with Crippen LogP contribution in [0.4, 0.5) is 22.7 Å². The maximum Gasteiger partial charge on any atom is 0.305 e. The summed E-state index contributed by atoms with van der Waals surface area (Å²) in [7, 11) is 0. The van der Waals surface area contributed by atoms with Gasteiger partial charge >= 0.3 is 11.4 Å². The Balaban J connectivity index is 2.24. The molecule has 0 fully saturated rings. The molecule has 0 spiro atoms. The van der Waals surface area contributed by atoms with Crippen molar-refractivity contribution in [2.24, 2.45) is 0 Å². The lowest BCUT2D eigenvalue weighted by molar-refractivity contribution is -0.573. The number of hydrogen-bond donors (Lipinski definition) is 0. The highest BCUT2D eigenvalue weighted by molar-refractivity contribution is 5.88. The Labute approximate surface area is 149 Å². The van der Waals surface area contributed by atoms with Gasteiger partial charge in [-0.25, -0.2) is 4.52 Å². The van der Waals surface area contributed by atoms with Gasteiger partial charge < -0.3 is 0 Å². The van der Waals surface area contributed by atoms with Gasteiger partial charge in [0, 0.05) is 12.1 Å². The van der Waals surface area contributed by atoms with Gasteiger partial charge in [0.15, 0.2) is 11.0 Å². The molecule has 16 heteroatoms. The molecule has 16 nitrogen and oxygen atoms in total. The quantitative estimate of drug-likeness (QED) is 0.273. The van der Waals surface area contributed by atoms with Crippen LogP contribution < -0.4 is 9.61 Å². The molecule has 2 heterocycles. The number of hydrogen-bond acceptors (Lipinski definition) is 9. The molecule has 0 saturated carbocycles. The lowest BCUT2D eigenvalue weighted by Gasteiger charge is -1.97. The van der Waals surface area contributed by atoms with Crippen molar-refractivity contribution >= 4 is 44.8 Å². The highest BCUT2D eigenvalue weighted by Gasteiger charge is 2.29. The highest BCUT2D eigenvalue weighted by Crippen LogP contribution is 2.31. The average molecular weight is 388 g/mol. The molecule has 0 amide bonds. The van der Waals surface area contributed by atoms with Gasteiger partial charge in [-0.05, 0) is 0 Å². The molecule has 0 bridgehead atoms. The lowest BCUT2D eigenvalue weighted by atomic mass is 10.2. The molecule has 2 aromatic heterocycles. The second kappa shape index (κ2) is 5.37. The monoisotopic (exact) mass is 388 g/mol. The minimum absolute atomic E-state index is 0.168. The van der Waals surface area contributed by atoms with Crippen LogP contribution in [0.5, 0.6) is 0 Å². The van der Waals surface area contributed by atoms with Gasteiger partial charge in [0.25, 0.3) is 11.4 Å². The first-order chi connectivity index (χ1) is 13.2. The Morgan fingerprint density at radius 2 is 1.32 bits per heavy atom. The number of nitrogens with zero attached hydrogens (tertiary/aromatic N) is 8. The molecular weight excluding hydrogens is 384 g/mol. The molecule has 0 saturated heterocycles. The van der Waals surface area contributed by atoms with Crippen molar-refractivity contribution in [3.05, 3.63) is 64.7 Å². The van der Waals surface area contributed by atoms with Gasteiger partial charge in [-0.15, -0.1) is 10.2 Å². The zero-order chi connectivity index (χ0) is 20.3. The molecular formula is C12H4N8O8. The van der Waals surface area contributed by atoms with Crippen molar-refractivity contribution < 1.29 is 24.2 Å². The lowest BCUT2D eigenvalue weighted by Crippen LogP contribution is -2.27. The first kappa shape index (κ1) is 16.7. The van der Waals surface area contributed by atoms with E-state index in [1.807, 2.05) is 0 Å². The van der Waals surface area contributed by atoms with E-state index in [9.17, 15) is 40.5 Å². The predicted molar refractivity (Wildman–Crippen MR) is 85.8 cm³/mol. The largest absolute Gasteiger partial charge is 0.305 e. The second-order valence-corrected chi connectivity index (χ2v) is 5.47. The molecule has 4 aromatic rings. The molecule has 0 N–H and O–H groups in total. The van der Waals surface area contributed by atoms with Crippen LogP contribution in [0.25, 0.3) is 22.1 Å². The van der Waals surface area contributed by atoms with Crippen LogP contribution >= 0.6 is 0 Å². The van der Waals surface area contributed by atoms with E-state index in [-0.39, 0.29) is 22.1 Å². The average Bonchev–Trinajstić information content (AvgIpc) is 3.15. The molecule has 2 aromatic carbocycles. The number of nitro groups is 4. The molecule has 0 aliphatic carbocycles. The Hall–Kier alpha value is -4.76. The fraction of sp³-hybridized carbons (Fsp3) is 0. The van der Waals surface area contributed by atoms with Gasteiger partial charge in [0.2, 0.25) is 0 Å². The summed E-state index contributed by atoms with van der Waals surface area (Å²) in [6.45, 7) is 0. The highest BCUT2D eigenvalue weighted by atomic mass is 16.6. The van der Waals surface area contributed by atoms with Crippen molar-refractivity contribution in [2.75, 3.05) is 0 Å². The van der Waals surface area contributed by atoms with Crippen molar-refractivity contribution in [1.29, 1.82) is 0 Å². The zero-order valence-corrected chi connectivity index (χ0v) is 13.2. The van der Waals surface area contributed by atoms with E-state index in [2.05, 4.69) is 10.2 Å². The van der Waals surface area contributed by atoms with E-state index < -0.39 is 42.4 Å². The van der Waals surface area contributed by atoms with Gasteiger partial charge in [0.1, 0.15) is 11.0 Å². The zero-order valence-electron chi connectivity index (χ0n) is 13.2. The molecule has 0 aliphatic heterocycles. The summed E-state index contributed by atoms with van der Waals surface area (Å²) < 4.78 is 1.74. The number of benzene rings is 2. The molecule has 4 rings (SSSR count). The Morgan fingerprint density at radius 1 is 0.786 bits per heavy atom. The first-order valence-corrected chi connectivity index (χ1v) is 7.16. The number of aromatic nitrogens is 4. The number of fused-ring (bicyclic) bond motifs is 5. The number of non-ortho nitro benzene ring substituents is 4. The van der Waals surface area contributed by atoms with Crippen LogP contribution in [-0.4, -0.2) is 29.5 Å². The van der Waals surface area contributed by atoms with E-state index in [0.717, 1.165) is 21.4 Å². The van der Waals surface area contributed by atoms with E-state index in [1.54, 1.807) is 0 Å². The maximum atomic E-state index is 11.3. The van der Waals surface area contributed by atoms with Crippen LogP contribution in [0.2, 0.25) is 0 Å². The Kier molecular flexibility index (Phi) is 3.20. The van der Waals surface area contributed by atoms with Gasteiger partial charge in [0.05, 0.1) is 31.8 Å². The molecule has 0 aliphatic rings. The summed E-state index contributed by atoms with van der Waals surface area (Å²) in [4.78, 5) is 41.3. The Morgan fingerprint density at radius 3 is 1.86 bits per heavy atom. The summed E-state index contributed by atoms with van der Waals surface area (Å²) >= 11 is 0. The minimum Gasteiger partial charge on any atom is -0.258 e. The van der Waals surface area contributed by atoms with Gasteiger partial charge in [-0.1, -0.05) is 4.74 Å². The van der Waals surface area contributed by atoms with Crippen molar-refractivity contribution in [3.8, 4) is 0 Å². The summed E-state index contributed by atoms with van der Waals surface area (Å²) in [6, 6.07) is 3.34. The molecule has 0 unspecified atom stereocenters. The summed E-state index contributed by atoms with van der Waals surface area (Å²) in [5, 5.41) is 52.5. The normalized spacial score (nSPS) is 11.3. The smallest absolute Gasteiger partial charge is 0.258 e. The van der Waals surface area contributed by atoms with E-state index in [0.29, 0.717) is 12.1 Å². The minimum atomic E-state index is -0.880. The number of nitro benzene ring substituents is 4. The number of rotatable bonds is 4. The molecule has 0 radical (unpaired) electrons. The standard InChI is InChI=1S/C12H4N8O8/c21-16(22)5-1-7-11(9(3-5)18(25)26)13-20-14-12-8(15(7)20)2-6(17(23)24)4-10(12)19(27)28/h1-4H. The van der Waals surface area contributed by atoms with Crippen LogP contribution in [0.3, 0.4) is 0 Å².